The summed E-state index contributed by atoms with van der Waals surface area (Å²) in [7, 11) is 0. The van der Waals surface area contributed by atoms with Crippen molar-refractivity contribution < 1.29 is 33.0 Å². The number of carboxylic acid groups (broad SMARTS) is 1. The third-order valence-corrected chi connectivity index (χ3v) is 7.35. The van der Waals surface area contributed by atoms with Gasteiger partial charge in [-0.15, -0.1) is 0 Å². The quantitative estimate of drug-likeness (QED) is 0.207. The van der Waals surface area contributed by atoms with Crippen molar-refractivity contribution >= 4 is 40.8 Å². The van der Waals surface area contributed by atoms with Gasteiger partial charge in [-0.1, -0.05) is 41.4 Å². The van der Waals surface area contributed by atoms with Crippen LogP contribution in [-0.2, 0) is 11.3 Å². The number of ether oxygens (including phenoxy) is 2. The Morgan fingerprint density at radius 1 is 1.10 bits per heavy atom. The van der Waals surface area contributed by atoms with Crippen LogP contribution in [0.2, 0.25) is 10.0 Å². The maximum atomic E-state index is 14.6. The van der Waals surface area contributed by atoms with Gasteiger partial charge in [-0.05, 0) is 43.2 Å². The fourth-order valence-corrected chi connectivity index (χ4v) is 5.09. The summed E-state index contributed by atoms with van der Waals surface area (Å²) in [4.78, 5) is 26.1. The Morgan fingerprint density at radius 3 is 2.69 bits per heavy atom. The number of hydrogen-bond acceptors (Lipinski definition) is 5. The SMILES string of the molecule is O=C(O)c1cc(F)c(Cn2cc(-c3cccc4c3OCCCN4C(=O)CCCOc3cccc(Cl)c3F)cn2)c(Cl)c1. The zero-order valence-electron chi connectivity index (χ0n) is 22.2. The van der Waals surface area contributed by atoms with Crippen LogP contribution in [0.1, 0.15) is 35.2 Å². The van der Waals surface area contributed by atoms with Crippen molar-refractivity contribution in [3.05, 3.63) is 93.7 Å². The summed E-state index contributed by atoms with van der Waals surface area (Å²) in [5.74, 6) is -2.22. The number of hydrogen-bond donors (Lipinski definition) is 1. The van der Waals surface area contributed by atoms with Crippen LogP contribution < -0.4 is 14.4 Å². The number of amides is 1. The first-order valence-corrected chi connectivity index (χ1v) is 13.9. The molecule has 0 saturated heterocycles. The zero-order chi connectivity index (χ0) is 29.8. The van der Waals surface area contributed by atoms with Gasteiger partial charge in [0.15, 0.2) is 17.3 Å². The molecule has 1 N–H and O–H groups in total. The minimum absolute atomic E-state index is 0.0152. The monoisotopic (exact) mass is 615 g/mol. The Kier molecular flexibility index (Phi) is 8.94. The molecule has 0 aliphatic carbocycles. The molecule has 3 aromatic carbocycles. The number of carbonyl (C=O) groups is 2. The summed E-state index contributed by atoms with van der Waals surface area (Å²) in [5.41, 5.74) is 1.86. The molecule has 2 heterocycles. The second kappa shape index (κ2) is 12.8. The topological polar surface area (TPSA) is 93.9 Å². The molecule has 12 heteroatoms. The lowest BCUT2D eigenvalue weighted by atomic mass is 10.1. The van der Waals surface area contributed by atoms with Gasteiger partial charge < -0.3 is 19.5 Å². The first-order valence-electron chi connectivity index (χ1n) is 13.1. The number of para-hydroxylation sites is 1. The molecule has 8 nitrogen and oxygen atoms in total. The number of aromatic nitrogens is 2. The normalized spacial score (nSPS) is 12.8. The van der Waals surface area contributed by atoms with E-state index in [1.807, 2.05) is 18.2 Å². The van der Waals surface area contributed by atoms with Crippen LogP contribution in [0.5, 0.6) is 11.5 Å². The summed E-state index contributed by atoms with van der Waals surface area (Å²) >= 11 is 12.0. The second-order valence-electron chi connectivity index (χ2n) is 9.56. The van der Waals surface area contributed by atoms with E-state index in [4.69, 9.17) is 37.8 Å². The van der Waals surface area contributed by atoms with E-state index in [1.54, 1.807) is 23.4 Å². The van der Waals surface area contributed by atoms with Crippen molar-refractivity contribution in [1.82, 2.24) is 9.78 Å². The molecular weight excluding hydrogens is 591 g/mol. The molecule has 0 atom stereocenters. The Labute approximate surface area is 250 Å². The minimum Gasteiger partial charge on any atom is -0.491 e. The fourth-order valence-electron chi connectivity index (χ4n) is 4.66. The van der Waals surface area contributed by atoms with Gasteiger partial charge in [-0.3, -0.25) is 9.48 Å². The lowest BCUT2D eigenvalue weighted by molar-refractivity contribution is -0.118. The molecule has 0 spiro atoms. The highest BCUT2D eigenvalue weighted by atomic mass is 35.5. The number of anilines is 1. The van der Waals surface area contributed by atoms with E-state index in [1.165, 1.54) is 22.9 Å². The van der Waals surface area contributed by atoms with Crippen LogP contribution in [0.15, 0.2) is 60.9 Å². The number of carbonyl (C=O) groups excluding carboxylic acids is 1. The van der Waals surface area contributed by atoms with Crippen molar-refractivity contribution in [2.45, 2.75) is 25.8 Å². The first-order chi connectivity index (χ1) is 20.2. The fraction of sp³-hybridized carbons (Fsp3) is 0.233. The molecule has 4 aromatic rings. The summed E-state index contributed by atoms with van der Waals surface area (Å²) in [5, 5.41) is 13.4. The zero-order valence-corrected chi connectivity index (χ0v) is 23.7. The summed E-state index contributed by atoms with van der Waals surface area (Å²) in [6.45, 7) is 0.980. The van der Waals surface area contributed by atoms with E-state index < -0.39 is 17.6 Å². The smallest absolute Gasteiger partial charge is 0.335 e. The van der Waals surface area contributed by atoms with Crippen molar-refractivity contribution in [3.63, 3.8) is 0 Å². The Balaban J connectivity index is 1.30. The van der Waals surface area contributed by atoms with E-state index in [-0.39, 0.29) is 52.4 Å². The number of benzene rings is 3. The maximum absolute atomic E-state index is 14.6. The molecule has 42 heavy (non-hydrogen) atoms. The average Bonchev–Trinajstić information content (AvgIpc) is 3.32. The Morgan fingerprint density at radius 2 is 1.90 bits per heavy atom. The number of halogens is 4. The van der Waals surface area contributed by atoms with Gasteiger partial charge in [0.2, 0.25) is 5.91 Å². The van der Waals surface area contributed by atoms with Crippen LogP contribution >= 0.6 is 23.2 Å². The molecule has 5 rings (SSSR count). The molecule has 0 unspecified atom stereocenters. The molecule has 0 bridgehead atoms. The van der Waals surface area contributed by atoms with E-state index in [0.29, 0.717) is 48.6 Å². The van der Waals surface area contributed by atoms with Gasteiger partial charge in [0.05, 0.1) is 42.2 Å². The highest BCUT2D eigenvalue weighted by molar-refractivity contribution is 6.31. The number of aromatic carboxylic acids is 1. The molecule has 1 amide bonds. The molecule has 218 valence electrons. The minimum atomic E-state index is -1.28. The predicted molar refractivity (Wildman–Crippen MR) is 154 cm³/mol. The predicted octanol–water partition coefficient (Wildman–Crippen LogP) is 6.86. The summed E-state index contributed by atoms with van der Waals surface area (Å²) in [6.07, 6.45) is 4.46. The average molecular weight is 616 g/mol. The van der Waals surface area contributed by atoms with E-state index in [2.05, 4.69) is 5.10 Å². The second-order valence-corrected chi connectivity index (χ2v) is 10.4. The van der Waals surface area contributed by atoms with Crippen LogP contribution in [0.3, 0.4) is 0 Å². The summed E-state index contributed by atoms with van der Waals surface area (Å²) < 4.78 is 41.7. The molecule has 1 aromatic heterocycles. The van der Waals surface area contributed by atoms with Crippen molar-refractivity contribution in [2.75, 3.05) is 24.7 Å². The Hall–Kier alpha value is -4.15. The summed E-state index contributed by atoms with van der Waals surface area (Å²) in [6, 6.07) is 12.1. The van der Waals surface area contributed by atoms with Crippen LogP contribution in [-0.4, -0.2) is 46.5 Å². The molecule has 1 aliphatic heterocycles. The maximum Gasteiger partial charge on any atom is 0.335 e. The first kappa shape index (κ1) is 29.3. The van der Waals surface area contributed by atoms with Gasteiger partial charge in [0.1, 0.15) is 5.82 Å². The third kappa shape index (κ3) is 6.34. The van der Waals surface area contributed by atoms with Crippen molar-refractivity contribution in [1.29, 1.82) is 0 Å². The van der Waals surface area contributed by atoms with E-state index >= 15 is 0 Å². The van der Waals surface area contributed by atoms with Gasteiger partial charge in [0, 0.05) is 40.9 Å². The molecular formula is C30H25Cl2F2N3O5. The highest BCUT2D eigenvalue weighted by Crippen LogP contribution is 2.40. The lowest BCUT2D eigenvalue weighted by Gasteiger charge is -2.23. The molecule has 1 aliphatic rings. The van der Waals surface area contributed by atoms with Crippen molar-refractivity contribution in [3.8, 4) is 22.6 Å². The van der Waals surface area contributed by atoms with Crippen LogP contribution in [0, 0.1) is 11.6 Å². The number of nitrogens with zero attached hydrogens (tertiary/aromatic N) is 3. The van der Waals surface area contributed by atoms with E-state index in [0.717, 1.165) is 6.07 Å². The largest absolute Gasteiger partial charge is 0.491 e. The van der Waals surface area contributed by atoms with Gasteiger partial charge in [0.25, 0.3) is 0 Å². The van der Waals surface area contributed by atoms with Gasteiger partial charge in [-0.2, -0.15) is 5.10 Å². The molecule has 0 radical (unpaired) electrons. The number of fused-ring (bicyclic) bond motifs is 1. The van der Waals surface area contributed by atoms with Gasteiger partial charge in [-0.25, -0.2) is 13.6 Å². The lowest BCUT2D eigenvalue weighted by Crippen LogP contribution is -2.31. The van der Waals surface area contributed by atoms with Gasteiger partial charge >= 0.3 is 5.97 Å². The standard InChI is InChI=1S/C30H25Cl2F2N3O5/c31-22-6-2-8-26(28(22)34)41-11-3-9-27(38)37-10-4-12-42-29-20(5-1-7-25(29)37)19-15-35-36(16-19)17-21-23(32)13-18(30(39)40)14-24(21)33/h1-2,5-8,13-16H,3-4,9-12,17H2,(H,39,40). The van der Waals surface area contributed by atoms with Crippen LogP contribution in [0.25, 0.3) is 11.1 Å². The highest BCUT2D eigenvalue weighted by Gasteiger charge is 2.25. The molecule has 0 fully saturated rings. The molecule has 0 saturated carbocycles. The van der Waals surface area contributed by atoms with Crippen LogP contribution in [0.4, 0.5) is 14.5 Å². The Bertz CT molecular complexity index is 1620. The number of rotatable bonds is 9. The number of carboxylic acids is 1. The van der Waals surface area contributed by atoms with Crippen molar-refractivity contribution in [2.24, 2.45) is 0 Å². The third-order valence-electron chi connectivity index (χ3n) is 6.72. The van der Waals surface area contributed by atoms with E-state index in [9.17, 15) is 18.4 Å².